The second kappa shape index (κ2) is 16.0. The molecule has 0 amide bonds. The minimum atomic E-state index is -0.900. The van der Waals surface area contributed by atoms with Crippen molar-refractivity contribution in [2.75, 3.05) is 0 Å². The van der Waals surface area contributed by atoms with E-state index in [0.29, 0.717) is 5.56 Å². The molecule has 1 atom stereocenters. The second-order valence-corrected chi connectivity index (χ2v) is 7.43. The summed E-state index contributed by atoms with van der Waals surface area (Å²) >= 11 is 0. The van der Waals surface area contributed by atoms with Crippen molar-refractivity contribution < 1.29 is 14.6 Å². The Labute approximate surface area is 171 Å². The van der Waals surface area contributed by atoms with E-state index >= 15 is 0 Å². The molecule has 156 valence electrons. The van der Waals surface area contributed by atoms with Crippen LogP contribution in [0.3, 0.4) is 0 Å². The minimum absolute atomic E-state index is 0.225. The number of hydrogen-bond donors (Lipinski definition) is 1. The predicted molar refractivity (Wildman–Crippen MR) is 118 cm³/mol. The first-order chi connectivity index (χ1) is 13.7. The molecule has 0 aliphatic heterocycles. The van der Waals surface area contributed by atoms with E-state index in [-0.39, 0.29) is 6.10 Å². The Balaban J connectivity index is 2.36. The van der Waals surface area contributed by atoms with Crippen molar-refractivity contribution in [2.24, 2.45) is 0 Å². The number of carboxylic acids is 1. The van der Waals surface area contributed by atoms with Crippen LogP contribution >= 0.6 is 0 Å². The number of carbonyl (C=O) groups is 1. The zero-order valence-electron chi connectivity index (χ0n) is 17.6. The maximum absolute atomic E-state index is 11.0. The largest absolute Gasteiger partial charge is 0.490 e. The highest BCUT2D eigenvalue weighted by atomic mass is 16.5. The zero-order valence-corrected chi connectivity index (χ0v) is 17.6. The van der Waals surface area contributed by atoms with Crippen LogP contribution in [0.4, 0.5) is 0 Å². The molecule has 0 aliphatic rings. The molecule has 0 saturated carbocycles. The molecule has 1 N–H and O–H groups in total. The van der Waals surface area contributed by atoms with Crippen LogP contribution in [0.15, 0.2) is 49.1 Å². The van der Waals surface area contributed by atoms with E-state index in [1.54, 1.807) is 24.3 Å². The third kappa shape index (κ3) is 11.6. The third-order valence-corrected chi connectivity index (χ3v) is 4.95. The van der Waals surface area contributed by atoms with Crippen molar-refractivity contribution in [3.05, 3.63) is 54.6 Å². The zero-order chi connectivity index (χ0) is 20.5. The fourth-order valence-electron chi connectivity index (χ4n) is 3.29. The average molecular weight is 387 g/mol. The number of hydrogen-bond acceptors (Lipinski definition) is 2. The lowest BCUT2D eigenvalue weighted by molar-refractivity contribution is 0.0697. The van der Waals surface area contributed by atoms with Gasteiger partial charge in [0.2, 0.25) is 0 Å². The smallest absolute Gasteiger partial charge is 0.335 e. The fraction of sp³-hybridized carbons (Fsp3) is 0.560. The Morgan fingerprint density at radius 2 is 1.61 bits per heavy atom. The van der Waals surface area contributed by atoms with E-state index in [2.05, 4.69) is 19.6 Å². The monoisotopic (exact) mass is 386 g/mol. The Morgan fingerprint density at radius 3 is 2.21 bits per heavy atom. The SMILES string of the molecule is C=C/C=C/CCCCCCCC(CCCCCC)Oc1ccc(C(=O)O)cc1. The van der Waals surface area contributed by atoms with Crippen LogP contribution in [0.1, 0.15) is 94.3 Å². The first kappa shape index (κ1) is 24.0. The molecule has 0 heterocycles. The molecular formula is C25H38O3. The lowest BCUT2D eigenvalue weighted by atomic mass is 10.0. The highest BCUT2D eigenvalue weighted by molar-refractivity contribution is 5.87. The number of ether oxygens (including phenoxy) is 1. The van der Waals surface area contributed by atoms with Gasteiger partial charge in [-0.15, -0.1) is 0 Å². The summed E-state index contributed by atoms with van der Waals surface area (Å²) in [7, 11) is 0. The van der Waals surface area contributed by atoms with Crippen molar-refractivity contribution in [2.45, 2.75) is 90.1 Å². The van der Waals surface area contributed by atoms with Crippen LogP contribution in [0, 0.1) is 0 Å². The quantitative estimate of drug-likeness (QED) is 0.222. The standard InChI is InChI=1S/C25H38O3/c1-3-5-7-9-10-11-12-13-15-17-23(16-14-8-6-4-2)28-24-20-18-22(19-21-24)25(26)27/h3,5,7,18-21,23H,1,4,6,8-17H2,2H3,(H,26,27)/b7-5+. The summed E-state index contributed by atoms with van der Waals surface area (Å²) in [5.41, 5.74) is 0.301. The van der Waals surface area contributed by atoms with Gasteiger partial charge in [0, 0.05) is 0 Å². The Hall–Kier alpha value is -2.03. The number of allylic oxidation sites excluding steroid dienone is 3. The summed E-state index contributed by atoms with van der Waals surface area (Å²) in [6.45, 7) is 5.91. The highest BCUT2D eigenvalue weighted by Gasteiger charge is 2.11. The molecule has 3 heteroatoms. The number of rotatable bonds is 17. The minimum Gasteiger partial charge on any atom is -0.490 e. The second-order valence-electron chi connectivity index (χ2n) is 7.43. The van der Waals surface area contributed by atoms with Crippen LogP contribution in [-0.4, -0.2) is 17.2 Å². The number of aromatic carboxylic acids is 1. The van der Waals surface area contributed by atoms with Crippen molar-refractivity contribution in [3.8, 4) is 5.75 Å². The van der Waals surface area contributed by atoms with Gasteiger partial charge in [-0.25, -0.2) is 4.79 Å². The summed E-state index contributed by atoms with van der Waals surface area (Å²) < 4.78 is 6.19. The molecule has 1 aromatic carbocycles. The Morgan fingerprint density at radius 1 is 1.00 bits per heavy atom. The summed E-state index contributed by atoms with van der Waals surface area (Å²) in [4.78, 5) is 11.0. The lowest BCUT2D eigenvalue weighted by Gasteiger charge is -2.19. The van der Waals surface area contributed by atoms with Gasteiger partial charge in [-0.05, 0) is 62.8 Å². The molecule has 3 nitrogen and oxygen atoms in total. The van der Waals surface area contributed by atoms with E-state index in [9.17, 15) is 4.79 Å². The van der Waals surface area contributed by atoms with Crippen molar-refractivity contribution >= 4 is 5.97 Å². The first-order valence-corrected chi connectivity index (χ1v) is 10.9. The van der Waals surface area contributed by atoms with Gasteiger partial charge in [0.15, 0.2) is 0 Å². The molecule has 0 saturated heterocycles. The third-order valence-electron chi connectivity index (χ3n) is 4.95. The normalized spacial score (nSPS) is 12.2. The summed E-state index contributed by atoms with van der Waals surface area (Å²) in [6.07, 6.45) is 20.8. The lowest BCUT2D eigenvalue weighted by Crippen LogP contribution is -2.16. The Bertz CT molecular complexity index is 560. The van der Waals surface area contributed by atoms with Gasteiger partial charge in [0.05, 0.1) is 11.7 Å². The number of benzene rings is 1. The molecule has 0 bridgehead atoms. The van der Waals surface area contributed by atoms with Crippen molar-refractivity contribution in [1.29, 1.82) is 0 Å². The van der Waals surface area contributed by atoms with Crippen molar-refractivity contribution in [1.82, 2.24) is 0 Å². The van der Waals surface area contributed by atoms with Gasteiger partial charge in [-0.1, -0.05) is 70.3 Å². The summed E-state index contributed by atoms with van der Waals surface area (Å²) in [6, 6.07) is 6.79. The molecule has 28 heavy (non-hydrogen) atoms. The maximum atomic E-state index is 11.0. The van der Waals surface area contributed by atoms with Gasteiger partial charge < -0.3 is 9.84 Å². The molecule has 1 aromatic rings. The molecule has 1 rings (SSSR count). The van der Waals surface area contributed by atoms with Crippen molar-refractivity contribution in [3.63, 3.8) is 0 Å². The van der Waals surface area contributed by atoms with Crippen LogP contribution < -0.4 is 4.74 Å². The first-order valence-electron chi connectivity index (χ1n) is 10.9. The molecule has 0 fully saturated rings. The number of unbranched alkanes of at least 4 members (excludes halogenated alkanes) is 8. The van der Waals surface area contributed by atoms with E-state index < -0.39 is 5.97 Å². The fourth-order valence-corrected chi connectivity index (χ4v) is 3.29. The highest BCUT2D eigenvalue weighted by Crippen LogP contribution is 2.21. The van der Waals surface area contributed by atoms with Gasteiger partial charge >= 0.3 is 5.97 Å². The van der Waals surface area contributed by atoms with Gasteiger partial charge in [-0.3, -0.25) is 0 Å². The van der Waals surface area contributed by atoms with E-state index in [1.165, 1.54) is 57.8 Å². The van der Waals surface area contributed by atoms with Gasteiger partial charge in [0.25, 0.3) is 0 Å². The topological polar surface area (TPSA) is 46.5 Å². The summed E-state index contributed by atoms with van der Waals surface area (Å²) in [5.74, 6) is -0.123. The van der Waals surface area contributed by atoms with Crippen LogP contribution in [0.25, 0.3) is 0 Å². The van der Waals surface area contributed by atoms with Gasteiger partial charge in [0.1, 0.15) is 5.75 Å². The van der Waals surface area contributed by atoms with E-state index in [1.807, 2.05) is 12.2 Å². The predicted octanol–water partition coefficient (Wildman–Crippen LogP) is 7.58. The molecule has 0 aromatic heterocycles. The van der Waals surface area contributed by atoms with E-state index in [0.717, 1.165) is 25.0 Å². The number of carboxylic acid groups (broad SMARTS) is 1. The van der Waals surface area contributed by atoms with Crippen LogP contribution in [0.5, 0.6) is 5.75 Å². The van der Waals surface area contributed by atoms with Crippen LogP contribution in [-0.2, 0) is 0 Å². The summed E-state index contributed by atoms with van der Waals surface area (Å²) in [5, 5.41) is 9.02. The van der Waals surface area contributed by atoms with E-state index in [4.69, 9.17) is 9.84 Å². The Kier molecular flexibility index (Phi) is 13.7. The molecular weight excluding hydrogens is 348 g/mol. The molecule has 0 spiro atoms. The van der Waals surface area contributed by atoms with Gasteiger partial charge in [-0.2, -0.15) is 0 Å². The maximum Gasteiger partial charge on any atom is 0.335 e. The average Bonchev–Trinajstić information content (AvgIpc) is 2.70. The molecule has 1 unspecified atom stereocenters. The molecule has 0 aliphatic carbocycles. The van der Waals surface area contributed by atoms with Crippen LogP contribution in [0.2, 0.25) is 0 Å². The molecule has 0 radical (unpaired) electrons.